The second-order valence-electron chi connectivity index (χ2n) is 6.12. The summed E-state index contributed by atoms with van der Waals surface area (Å²) in [6, 6.07) is 6.05. The molecule has 0 radical (unpaired) electrons. The van der Waals surface area contributed by atoms with Gasteiger partial charge in [-0.25, -0.2) is 4.98 Å². The molecule has 0 spiro atoms. The van der Waals surface area contributed by atoms with E-state index in [0.717, 1.165) is 36.1 Å². The highest BCUT2D eigenvalue weighted by Gasteiger charge is 2.13. The molecule has 2 aromatic rings. The standard InChI is InChI=1S/C18H24N4O2S/c1-12(2)17-22-14(10-25-17)9-21-18(19-3)20-7-6-13-4-5-15-16(8-13)24-11-23-15/h4-5,8,10,12H,6-7,9,11H2,1-3H3,(H2,19,20,21). The van der Waals surface area contributed by atoms with E-state index in [1.54, 1.807) is 18.4 Å². The second kappa shape index (κ2) is 8.20. The summed E-state index contributed by atoms with van der Waals surface area (Å²) < 4.78 is 10.7. The molecule has 0 saturated heterocycles. The van der Waals surface area contributed by atoms with Crippen LogP contribution in [0.15, 0.2) is 28.6 Å². The fourth-order valence-electron chi connectivity index (χ4n) is 2.49. The van der Waals surface area contributed by atoms with Crippen molar-refractivity contribution in [3.05, 3.63) is 39.8 Å². The van der Waals surface area contributed by atoms with Crippen molar-refractivity contribution < 1.29 is 9.47 Å². The highest BCUT2D eigenvalue weighted by molar-refractivity contribution is 7.09. The van der Waals surface area contributed by atoms with Crippen molar-refractivity contribution in [2.24, 2.45) is 4.99 Å². The van der Waals surface area contributed by atoms with Gasteiger partial charge in [-0.3, -0.25) is 4.99 Å². The lowest BCUT2D eigenvalue weighted by atomic mass is 10.1. The first-order valence-corrected chi connectivity index (χ1v) is 9.31. The van der Waals surface area contributed by atoms with Gasteiger partial charge in [-0.1, -0.05) is 19.9 Å². The van der Waals surface area contributed by atoms with E-state index in [-0.39, 0.29) is 0 Å². The van der Waals surface area contributed by atoms with Crippen LogP contribution in [-0.2, 0) is 13.0 Å². The van der Waals surface area contributed by atoms with Crippen molar-refractivity contribution in [1.82, 2.24) is 15.6 Å². The van der Waals surface area contributed by atoms with Crippen LogP contribution >= 0.6 is 11.3 Å². The molecule has 1 aromatic carbocycles. The topological polar surface area (TPSA) is 67.8 Å². The zero-order valence-electron chi connectivity index (χ0n) is 14.8. The van der Waals surface area contributed by atoms with E-state index < -0.39 is 0 Å². The van der Waals surface area contributed by atoms with Gasteiger partial charge >= 0.3 is 0 Å². The van der Waals surface area contributed by atoms with E-state index in [4.69, 9.17) is 9.47 Å². The minimum Gasteiger partial charge on any atom is -0.454 e. The predicted octanol–water partition coefficient (Wildman–Crippen LogP) is 2.90. The molecule has 0 saturated carbocycles. The number of fused-ring (bicyclic) bond motifs is 1. The first kappa shape index (κ1) is 17.5. The highest BCUT2D eigenvalue weighted by atomic mass is 32.1. The van der Waals surface area contributed by atoms with Gasteiger partial charge in [0, 0.05) is 24.9 Å². The molecule has 25 heavy (non-hydrogen) atoms. The molecule has 0 atom stereocenters. The summed E-state index contributed by atoms with van der Waals surface area (Å²) in [4.78, 5) is 8.88. The summed E-state index contributed by atoms with van der Waals surface area (Å²) in [5, 5.41) is 9.90. The molecule has 7 heteroatoms. The highest BCUT2D eigenvalue weighted by Crippen LogP contribution is 2.32. The van der Waals surface area contributed by atoms with Crippen LogP contribution in [0.5, 0.6) is 11.5 Å². The maximum Gasteiger partial charge on any atom is 0.231 e. The molecule has 0 fully saturated rings. The number of hydrogen-bond donors (Lipinski definition) is 2. The van der Waals surface area contributed by atoms with Crippen LogP contribution in [0.1, 0.15) is 36.0 Å². The molecule has 0 aliphatic carbocycles. The molecule has 1 aliphatic heterocycles. The number of hydrogen-bond acceptors (Lipinski definition) is 5. The molecule has 3 rings (SSSR count). The Balaban J connectivity index is 1.44. The van der Waals surface area contributed by atoms with Crippen LogP contribution in [-0.4, -0.2) is 31.3 Å². The Morgan fingerprint density at radius 1 is 1.28 bits per heavy atom. The van der Waals surface area contributed by atoms with Crippen LogP contribution in [0, 0.1) is 0 Å². The molecule has 0 bridgehead atoms. The quantitative estimate of drug-likeness (QED) is 0.612. The van der Waals surface area contributed by atoms with E-state index in [0.29, 0.717) is 19.3 Å². The smallest absolute Gasteiger partial charge is 0.231 e. The van der Waals surface area contributed by atoms with Crippen molar-refractivity contribution in [3.8, 4) is 11.5 Å². The second-order valence-corrected chi connectivity index (χ2v) is 7.01. The van der Waals surface area contributed by atoms with Crippen LogP contribution in [0.4, 0.5) is 0 Å². The predicted molar refractivity (Wildman–Crippen MR) is 101 cm³/mol. The fraction of sp³-hybridized carbons (Fsp3) is 0.444. The Morgan fingerprint density at radius 3 is 2.88 bits per heavy atom. The van der Waals surface area contributed by atoms with Gasteiger partial charge in [0.25, 0.3) is 0 Å². The van der Waals surface area contributed by atoms with Gasteiger partial charge in [0.1, 0.15) is 0 Å². The average Bonchev–Trinajstić information content (AvgIpc) is 3.26. The summed E-state index contributed by atoms with van der Waals surface area (Å²) >= 11 is 1.71. The third-order valence-electron chi connectivity index (χ3n) is 3.87. The molecule has 2 N–H and O–H groups in total. The molecule has 6 nitrogen and oxygen atoms in total. The molecular weight excluding hydrogens is 336 g/mol. The summed E-state index contributed by atoms with van der Waals surface area (Å²) in [5.74, 6) is 2.89. The van der Waals surface area contributed by atoms with Crippen LogP contribution in [0.2, 0.25) is 0 Å². The maximum atomic E-state index is 5.41. The van der Waals surface area contributed by atoms with Crippen molar-refractivity contribution >= 4 is 17.3 Å². The van der Waals surface area contributed by atoms with E-state index >= 15 is 0 Å². The van der Waals surface area contributed by atoms with Crippen molar-refractivity contribution in [1.29, 1.82) is 0 Å². The largest absolute Gasteiger partial charge is 0.454 e. The Morgan fingerprint density at radius 2 is 2.12 bits per heavy atom. The maximum absolute atomic E-state index is 5.41. The summed E-state index contributed by atoms with van der Waals surface area (Å²) in [6.07, 6.45) is 0.880. The lowest BCUT2D eigenvalue weighted by Crippen LogP contribution is -2.37. The number of nitrogens with one attached hydrogen (secondary N) is 2. The van der Waals surface area contributed by atoms with Crippen LogP contribution in [0.25, 0.3) is 0 Å². The molecule has 0 amide bonds. The number of guanidine groups is 1. The van der Waals surface area contributed by atoms with Gasteiger partial charge in [0.15, 0.2) is 17.5 Å². The number of aromatic nitrogens is 1. The Kier molecular flexibility index (Phi) is 5.75. The molecule has 0 unspecified atom stereocenters. The number of rotatable bonds is 6. The first-order chi connectivity index (χ1) is 12.2. The Hall–Kier alpha value is -2.28. The normalized spacial score (nSPS) is 13.4. The zero-order chi connectivity index (χ0) is 17.6. The lowest BCUT2D eigenvalue weighted by Gasteiger charge is -2.11. The molecule has 1 aromatic heterocycles. The SMILES string of the molecule is CN=C(NCCc1ccc2c(c1)OCO2)NCc1csc(C(C)C)n1. The van der Waals surface area contributed by atoms with E-state index in [2.05, 4.69) is 45.9 Å². The fourth-order valence-corrected chi connectivity index (χ4v) is 3.32. The van der Waals surface area contributed by atoms with E-state index in [1.165, 1.54) is 10.6 Å². The Bertz CT molecular complexity index is 742. The third kappa shape index (κ3) is 4.63. The Labute approximate surface area is 152 Å². The summed E-state index contributed by atoms with van der Waals surface area (Å²) in [7, 11) is 1.77. The number of thiazole rings is 1. The first-order valence-electron chi connectivity index (χ1n) is 8.43. The van der Waals surface area contributed by atoms with Crippen molar-refractivity contribution in [3.63, 3.8) is 0 Å². The van der Waals surface area contributed by atoms with Gasteiger partial charge in [0.2, 0.25) is 6.79 Å². The molecule has 2 heterocycles. The molecule has 1 aliphatic rings. The zero-order valence-corrected chi connectivity index (χ0v) is 15.7. The van der Waals surface area contributed by atoms with Crippen molar-refractivity contribution in [2.45, 2.75) is 32.7 Å². The lowest BCUT2D eigenvalue weighted by molar-refractivity contribution is 0.174. The van der Waals surface area contributed by atoms with Gasteiger partial charge in [-0.05, 0) is 24.1 Å². The molecular formula is C18H24N4O2S. The van der Waals surface area contributed by atoms with Crippen LogP contribution < -0.4 is 20.1 Å². The number of nitrogens with zero attached hydrogens (tertiary/aromatic N) is 2. The van der Waals surface area contributed by atoms with Gasteiger partial charge in [-0.15, -0.1) is 11.3 Å². The van der Waals surface area contributed by atoms with Crippen LogP contribution in [0.3, 0.4) is 0 Å². The number of ether oxygens (including phenoxy) is 2. The molecule has 134 valence electrons. The number of aliphatic imine (C=N–C) groups is 1. The summed E-state index contributed by atoms with van der Waals surface area (Å²) in [6.45, 7) is 6.09. The third-order valence-corrected chi connectivity index (χ3v) is 5.06. The number of benzene rings is 1. The minimum absolute atomic E-state index is 0.308. The average molecular weight is 360 g/mol. The van der Waals surface area contributed by atoms with E-state index in [9.17, 15) is 0 Å². The van der Waals surface area contributed by atoms with Gasteiger partial charge in [0.05, 0.1) is 17.2 Å². The minimum atomic E-state index is 0.308. The van der Waals surface area contributed by atoms with E-state index in [1.807, 2.05) is 12.1 Å². The monoisotopic (exact) mass is 360 g/mol. The van der Waals surface area contributed by atoms with Gasteiger partial charge in [-0.2, -0.15) is 0 Å². The van der Waals surface area contributed by atoms with Crippen molar-refractivity contribution in [2.75, 3.05) is 20.4 Å². The summed E-state index contributed by atoms with van der Waals surface area (Å²) in [5.41, 5.74) is 2.25. The van der Waals surface area contributed by atoms with Gasteiger partial charge < -0.3 is 20.1 Å².